The van der Waals surface area contributed by atoms with Crippen molar-refractivity contribution >= 4 is 11.5 Å². The first-order valence-electron chi connectivity index (χ1n) is 6.93. The van der Waals surface area contributed by atoms with Gasteiger partial charge in [0.2, 0.25) is 0 Å². The number of aromatic nitrogens is 1. The van der Waals surface area contributed by atoms with Gasteiger partial charge in [0.05, 0.1) is 17.1 Å². The quantitative estimate of drug-likeness (QED) is 0.650. The smallest absolute Gasteiger partial charge is 0.297 e. The lowest BCUT2D eigenvalue weighted by atomic mass is 10.1. The van der Waals surface area contributed by atoms with Gasteiger partial charge in [0.1, 0.15) is 23.1 Å². The lowest BCUT2D eigenvalue weighted by Crippen LogP contribution is -2.10. The Bertz CT molecular complexity index is 754. The molecule has 0 saturated carbocycles. The highest BCUT2D eigenvalue weighted by molar-refractivity contribution is 5.64. The summed E-state index contributed by atoms with van der Waals surface area (Å²) in [6, 6.07) is 11.6. The molecule has 7 heteroatoms. The van der Waals surface area contributed by atoms with Gasteiger partial charge in [-0.05, 0) is 12.5 Å². The van der Waals surface area contributed by atoms with E-state index in [9.17, 15) is 15.4 Å². The molecule has 0 aliphatic rings. The minimum Gasteiger partial charge on any atom is -0.380 e. The van der Waals surface area contributed by atoms with E-state index in [-0.39, 0.29) is 29.1 Å². The van der Waals surface area contributed by atoms with E-state index in [0.29, 0.717) is 12.4 Å². The molecule has 1 N–H and O–H groups in total. The third kappa shape index (κ3) is 3.62. The van der Waals surface area contributed by atoms with Gasteiger partial charge >= 0.3 is 0 Å². The summed E-state index contributed by atoms with van der Waals surface area (Å²) in [5.74, 6) is 0.325. The Hall–Kier alpha value is -2.98. The monoisotopic (exact) mass is 312 g/mol. The summed E-state index contributed by atoms with van der Waals surface area (Å²) in [5.41, 5.74) is 1.47. The topological polar surface area (TPSA) is 101 Å². The fraction of sp³-hybridized carbons (Fsp3) is 0.250. The van der Waals surface area contributed by atoms with Crippen LogP contribution < -0.4 is 5.32 Å². The van der Waals surface area contributed by atoms with Gasteiger partial charge in [-0.15, -0.1) is 0 Å². The molecule has 118 valence electrons. The van der Waals surface area contributed by atoms with E-state index < -0.39 is 4.92 Å². The minimum atomic E-state index is -0.529. The summed E-state index contributed by atoms with van der Waals surface area (Å²) in [5, 5.41) is 23.7. The van der Waals surface area contributed by atoms with Crippen LogP contribution >= 0.6 is 0 Å². The number of nitrogens with one attached hydrogen (secondary N) is 1. The number of anilines is 1. The van der Waals surface area contributed by atoms with E-state index in [1.807, 2.05) is 36.4 Å². The van der Waals surface area contributed by atoms with Crippen LogP contribution in [0.3, 0.4) is 0 Å². The second-order valence-corrected chi connectivity index (χ2v) is 4.89. The molecule has 1 aromatic heterocycles. The molecule has 0 fully saturated rings. The Morgan fingerprint density at radius 3 is 2.65 bits per heavy atom. The summed E-state index contributed by atoms with van der Waals surface area (Å²) >= 11 is 0. The second kappa shape index (κ2) is 7.33. The van der Waals surface area contributed by atoms with Crippen molar-refractivity contribution in [3.05, 3.63) is 62.8 Å². The Kier molecular flexibility index (Phi) is 5.23. The molecule has 0 saturated heterocycles. The van der Waals surface area contributed by atoms with Crippen LogP contribution in [0.2, 0.25) is 0 Å². The largest absolute Gasteiger partial charge is 0.380 e. The van der Waals surface area contributed by atoms with Gasteiger partial charge in [-0.2, -0.15) is 5.26 Å². The van der Waals surface area contributed by atoms with Crippen molar-refractivity contribution in [3.8, 4) is 6.07 Å². The summed E-state index contributed by atoms with van der Waals surface area (Å²) in [6.07, 6.45) is 0. The number of aryl methyl sites for hydroxylation is 1. The zero-order valence-corrected chi connectivity index (χ0v) is 12.9. The van der Waals surface area contributed by atoms with Gasteiger partial charge in [-0.3, -0.25) is 10.1 Å². The molecule has 23 heavy (non-hydrogen) atoms. The Morgan fingerprint density at radius 2 is 2.09 bits per heavy atom. The first-order valence-corrected chi connectivity index (χ1v) is 6.93. The molecular formula is C16H16N4O3. The van der Waals surface area contributed by atoms with Gasteiger partial charge in [0.25, 0.3) is 5.69 Å². The molecular weight excluding hydrogens is 296 g/mol. The lowest BCUT2D eigenvalue weighted by molar-refractivity contribution is -0.386. The van der Waals surface area contributed by atoms with Gasteiger partial charge < -0.3 is 10.1 Å². The maximum absolute atomic E-state index is 11.3. The van der Waals surface area contributed by atoms with Crippen LogP contribution in [0.5, 0.6) is 0 Å². The van der Waals surface area contributed by atoms with E-state index in [1.165, 1.54) is 7.11 Å². The summed E-state index contributed by atoms with van der Waals surface area (Å²) in [7, 11) is 1.43. The Balaban J connectivity index is 2.43. The highest BCUT2D eigenvalue weighted by atomic mass is 16.6. The molecule has 0 atom stereocenters. The van der Waals surface area contributed by atoms with Crippen LogP contribution in [0.25, 0.3) is 0 Å². The van der Waals surface area contributed by atoms with Crippen molar-refractivity contribution in [2.75, 3.05) is 12.4 Å². The molecule has 2 rings (SSSR count). The van der Waals surface area contributed by atoms with Crippen molar-refractivity contribution < 1.29 is 9.66 Å². The zero-order valence-electron chi connectivity index (χ0n) is 12.9. The molecule has 0 aliphatic heterocycles. The zero-order chi connectivity index (χ0) is 16.8. The normalized spacial score (nSPS) is 10.1. The van der Waals surface area contributed by atoms with E-state index in [1.54, 1.807) is 6.92 Å². The molecule has 0 radical (unpaired) electrons. The van der Waals surface area contributed by atoms with Crippen LogP contribution in [-0.2, 0) is 17.9 Å². The third-order valence-corrected chi connectivity index (χ3v) is 3.33. The van der Waals surface area contributed by atoms with Gasteiger partial charge in [-0.25, -0.2) is 4.98 Å². The summed E-state index contributed by atoms with van der Waals surface area (Å²) < 4.78 is 5.02. The number of rotatable bonds is 6. The predicted molar refractivity (Wildman–Crippen MR) is 84.8 cm³/mol. The van der Waals surface area contributed by atoms with Crippen LogP contribution in [0, 0.1) is 28.4 Å². The number of benzene rings is 1. The van der Waals surface area contributed by atoms with Gasteiger partial charge in [0.15, 0.2) is 0 Å². The maximum atomic E-state index is 11.3. The highest BCUT2D eigenvalue weighted by Crippen LogP contribution is 2.30. The number of methoxy groups -OCH3 is 1. The summed E-state index contributed by atoms with van der Waals surface area (Å²) in [4.78, 5) is 14.9. The average molecular weight is 312 g/mol. The van der Waals surface area contributed by atoms with Crippen molar-refractivity contribution in [2.45, 2.75) is 20.1 Å². The molecule has 1 heterocycles. The van der Waals surface area contributed by atoms with Crippen LogP contribution in [0.15, 0.2) is 30.3 Å². The molecule has 0 amide bonds. The number of nitro groups is 1. The molecule has 1 aromatic carbocycles. The number of hydrogen-bond donors (Lipinski definition) is 1. The van der Waals surface area contributed by atoms with Crippen molar-refractivity contribution in [1.29, 1.82) is 5.26 Å². The average Bonchev–Trinajstić information content (AvgIpc) is 2.53. The fourth-order valence-corrected chi connectivity index (χ4v) is 2.31. The van der Waals surface area contributed by atoms with Crippen LogP contribution in [0.4, 0.5) is 11.5 Å². The fourth-order valence-electron chi connectivity index (χ4n) is 2.31. The van der Waals surface area contributed by atoms with Gasteiger partial charge in [-0.1, -0.05) is 30.3 Å². The van der Waals surface area contributed by atoms with Gasteiger partial charge in [0, 0.05) is 13.7 Å². The maximum Gasteiger partial charge on any atom is 0.297 e. The molecule has 2 aromatic rings. The van der Waals surface area contributed by atoms with Crippen LogP contribution in [0.1, 0.15) is 22.4 Å². The SMILES string of the molecule is COCc1c(C#N)c(NCc2ccccc2)nc(C)c1[N+](=O)[O-]. The van der Waals surface area contributed by atoms with E-state index in [2.05, 4.69) is 10.3 Å². The molecule has 0 bridgehead atoms. The van der Waals surface area contributed by atoms with Crippen molar-refractivity contribution in [1.82, 2.24) is 4.98 Å². The number of nitriles is 1. The van der Waals surface area contributed by atoms with E-state index in [0.717, 1.165) is 5.56 Å². The van der Waals surface area contributed by atoms with E-state index in [4.69, 9.17) is 4.74 Å². The van der Waals surface area contributed by atoms with E-state index >= 15 is 0 Å². The summed E-state index contributed by atoms with van der Waals surface area (Å²) in [6.45, 7) is 1.99. The molecule has 7 nitrogen and oxygen atoms in total. The number of nitrogens with zero attached hydrogens (tertiary/aromatic N) is 3. The number of ether oxygens (including phenoxy) is 1. The highest BCUT2D eigenvalue weighted by Gasteiger charge is 2.25. The lowest BCUT2D eigenvalue weighted by Gasteiger charge is -2.13. The number of hydrogen-bond acceptors (Lipinski definition) is 6. The number of pyridine rings is 1. The third-order valence-electron chi connectivity index (χ3n) is 3.33. The first kappa shape index (κ1) is 16.4. The van der Waals surface area contributed by atoms with Crippen molar-refractivity contribution in [2.24, 2.45) is 0 Å². The van der Waals surface area contributed by atoms with Crippen LogP contribution in [-0.4, -0.2) is 17.0 Å². The minimum absolute atomic E-state index is 0.0252. The molecule has 0 unspecified atom stereocenters. The standard InChI is InChI=1S/C16H16N4O3/c1-11-15(20(21)22)14(10-23-2)13(8-17)16(19-11)18-9-12-6-4-3-5-7-12/h3-7H,9-10H2,1-2H3,(H,18,19). The predicted octanol–water partition coefficient (Wildman–Crippen LogP) is 2.93. The first-order chi connectivity index (χ1) is 11.1. The second-order valence-electron chi connectivity index (χ2n) is 4.89. The Labute approximate surface area is 133 Å². The Morgan fingerprint density at radius 1 is 1.39 bits per heavy atom. The van der Waals surface area contributed by atoms with Crippen molar-refractivity contribution in [3.63, 3.8) is 0 Å². The molecule has 0 aliphatic carbocycles. The molecule has 0 spiro atoms.